The van der Waals surface area contributed by atoms with E-state index < -0.39 is 18.1 Å². The van der Waals surface area contributed by atoms with Crippen molar-refractivity contribution in [1.29, 1.82) is 0 Å². The molecule has 0 spiro atoms. The van der Waals surface area contributed by atoms with Gasteiger partial charge in [0, 0.05) is 45.1 Å². The summed E-state index contributed by atoms with van der Waals surface area (Å²) in [6, 6.07) is 1.22. The molecule has 9 nitrogen and oxygen atoms in total. The fraction of sp³-hybridized carbons (Fsp3) is 0.741. The number of hydrogen-bond donors (Lipinski definition) is 0. The van der Waals surface area contributed by atoms with Gasteiger partial charge in [0.25, 0.3) is 5.91 Å². The lowest BCUT2D eigenvalue weighted by atomic mass is 9.49. The first-order valence-electron chi connectivity index (χ1n) is 13.7. The van der Waals surface area contributed by atoms with Crippen LogP contribution in [0.2, 0.25) is 0 Å². The molecule has 0 aromatic carbocycles. The summed E-state index contributed by atoms with van der Waals surface area (Å²) in [5.74, 6) is 2.27. The van der Waals surface area contributed by atoms with Crippen LogP contribution in [0.4, 0.5) is 5.95 Å². The second-order valence-corrected chi connectivity index (χ2v) is 11.8. The highest BCUT2D eigenvalue weighted by molar-refractivity contribution is 5.90. The number of ether oxygens (including phenoxy) is 1. The van der Waals surface area contributed by atoms with Crippen molar-refractivity contribution in [2.75, 3.05) is 37.6 Å². The number of amides is 2. The van der Waals surface area contributed by atoms with E-state index in [1.165, 1.54) is 19.3 Å². The molecular weight excluding hydrogens is 458 g/mol. The molecule has 2 amide bonds. The Morgan fingerprint density at radius 3 is 2.17 bits per heavy atom. The number of anilines is 1. The van der Waals surface area contributed by atoms with Crippen molar-refractivity contribution in [3.8, 4) is 0 Å². The van der Waals surface area contributed by atoms with Crippen LogP contribution in [0.1, 0.15) is 58.3 Å². The lowest BCUT2D eigenvalue weighted by Crippen LogP contribution is -2.57. The van der Waals surface area contributed by atoms with E-state index in [-0.39, 0.29) is 17.2 Å². The van der Waals surface area contributed by atoms with Crippen LogP contribution in [0.25, 0.3) is 0 Å². The standard InChI is InChI=1S/C27H37N5O4/c1-18(23(33)30-8-10-31(11-9-30)26-28-5-3-6-29-26)36-24(34)22-4-2-7-32(22)25(35)27-15-19-12-20(16-27)14-21(13-19)17-27/h3,5-6,18-22H,2,4,7-17H2,1H3. The number of esters is 1. The summed E-state index contributed by atoms with van der Waals surface area (Å²) in [6.07, 6.45) is 10.8. The zero-order chi connectivity index (χ0) is 24.9. The van der Waals surface area contributed by atoms with Gasteiger partial charge in [0.2, 0.25) is 11.9 Å². The van der Waals surface area contributed by atoms with E-state index >= 15 is 0 Å². The fourth-order valence-electron chi connectivity index (χ4n) is 8.07. The number of carbonyl (C=O) groups is 3. The average molecular weight is 496 g/mol. The van der Waals surface area contributed by atoms with Crippen molar-refractivity contribution in [1.82, 2.24) is 19.8 Å². The smallest absolute Gasteiger partial charge is 0.329 e. The highest BCUT2D eigenvalue weighted by Crippen LogP contribution is 2.60. The second kappa shape index (κ2) is 9.30. The molecule has 0 N–H and O–H groups in total. The van der Waals surface area contributed by atoms with Crippen molar-refractivity contribution >= 4 is 23.7 Å². The van der Waals surface area contributed by atoms with Gasteiger partial charge in [-0.1, -0.05) is 0 Å². The molecular formula is C27H37N5O4. The zero-order valence-corrected chi connectivity index (χ0v) is 21.2. The van der Waals surface area contributed by atoms with Crippen molar-refractivity contribution in [3.05, 3.63) is 18.5 Å². The molecule has 36 heavy (non-hydrogen) atoms. The largest absolute Gasteiger partial charge is 0.451 e. The van der Waals surface area contributed by atoms with E-state index in [0.717, 1.165) is 25.7 Å². The minimum Gasteiger partial charge on any atom is -0.451 e. The zero-order valence-electron chi connectivity index (χ0n) is 21.2. The van der Waals surface area contributed by atoms with Crippen molar-refractivity contribution in [2.24, 2.45) is 23.2 Å². The van der Waals surface area contributed by atoms with Gasteiger partial charge in [0.05, 0.1) is 5.41 Å². The molecule has 2 aliphatic heterocycles. The number of hydrogen-bond acceptors (Lipinski definition) is 7. The fourth-order valence-corrected chi connectivity index (χ4v) is 8.07. The SMILES string of the molecule is CC(OC(=O)C1CCCN1C(=O)C12CC3CC(CC(C3)C1)C2)C(=O)N1CCN(c2ncccn2)CC1. The maximum absolute atomic E-state index is 13.9. The van der Waals surface area contributed by atoms with Crippen LogP contribution in [-0.2, 0) is 19.1 Å². The summed E-state index contributed by atoms with van der Waals surface area (Å²) in [5, 5.41) is 0. The Balaban J connectivity index is 1.05. The molecule has 194 valence electrons. The Bertz CT molecular complexity index is 973. The van der Waals surface area contributed by atoms with Crippen LogP contribution in [0.5, 0.6) is 0 Å². The van der Waals surface area contributed by atoms with Gasteiger partial charge in [-0.2, -0.15) is 0 Å². The average Bonchev–Trinajstić information content (AvgIpc) is 3.38. The van der Waals surface area contributed by atoms with Crippen molar-refractivity contribution in [2.45, 2.75) is 70.4 Å². The number of aromatic nitrogens is 2. The molecule has 2 saturated heterocycles. The van der Waals surface area contributed by atoms with E-state index in [9.17, 15) is 14.4 Å². The van der Waals surface area contributed by atoms with E-state index in [1.807, 2.05) is 9.80 Å². The Morgan fingerprint density at radius 2 is 1.56 bits per heavy atom. The van der Waals surface area contributed by atoms with Crippen LogP contribution in [0.3, 0.4) is 0 Å². The van der Waals surface area contributed by atoms with Gasteiger partial charge in [-0.05, 0) is 82.1 Å². The summed E-state index contributed by atoms with van der Waals surface area (Å²) in [4.78, 5) is 54.3. The molecule has 1 aromatic heterocycles. The highest BCUT2D eigenvalue weighted by Gasteiger charge is 2.57. The monoisotopic (exact) mass is 495 g/mol. The minimum atomic E-state index is -0.867. The predicted molar refractivity (Wildman–Crippen MR) is 132 cm³/mol. The summed E-state index contributed by atoms with van der Waals surface area (Å²) in [5.41, 5.74) is -0.263. The number of piperazine rings is 1. The van der Waals surface area contributed by atoms with Crippen molar-refractivity contribution < 1.29 is 19.1 Å². The van der Waals surface area contributed by atoms with Gasteiger partial charge >= 0.3 is 5.97 Å². The molecule has 1 aromatic rings. The molecule has 7 rings (SSSR count). The maximum Gasteiger partial charge on any atom is 0.329 e. The third-order valence-corrected chi connectivity index (χ3v) is 9.34. The number of carbonyl (C=O) groups excluding carboxylic acids is 3. The Kier molecular flexibility index (Phi) is 6.12. The molecule has 4 aliphatic carbocycles. The van der Waals surface area contributed by atoms with Crippen LogP contribution in [-0.4, -0.2) is 82.4 Å². The Labute approximate surface area is 212 Å². The summed E-state index contributed by atoms with van der Waals surface area (Å²) in [6.45, 7) is 4.58. The van der Waals surface area contributed by atoms with Crippen LogP contribution in [0.15, 0.2) is 18.5 Å². The number of nitrogens with zero attached hydrogens (tertiary/aromatic N) is 5. The van der Waals surface area contributed by atoms with E-state index in [2.05, 4.69) is 9.97 Å². The van der Waals surface area contributed by atoms with Gasteiger partial charge in [-0.25, -0.2) is 14.8 Å². The van der Waals surface area contributed by atoms with Gasteiger partial charge in [0.15, 0.2) is 6.10 Å². The quantitative estimate of drug-likeness (QED) is 0.578. The van der Waals surface area contributed by atoms with Gasteiger partial charge in [-0.15, -0.1) is 0 Å². The molecule has 4 saturated carbocycles. The number of likely N-dealkylation sites (tertiary alicyclic amines) is 1. The Morgan fingerprint density at radius 1 is 0.944 bits per heavy atom. The van der Waals surface area contributed by atoms with Crippen LogP contribution in [0, 0.1) is 23.2 Å². The van der Waals surface area contributed by atoms with Gasteiger partial charge < -0.3 is 19.4 Å². The molecule has 2 unspecified atom stereocenters. The molecule has 6 fully saturated rings. The van der Waals surface area contributed by atoms with E-state index in [4.69, 9.17) is 4.74 Å². The van der Waals surface area contributed by atoms with Crippen LogP contribution < -0.4 is 4.90 Å². The summed E-state index contributed by atoms with van der Waals surface area (Å²) in [7, 11) is 0. The number of rotatable bonds is 5. The van der Waals surface area contributed by atoms with E-state index in [0.29, 0.717) is 62.8 Å². The first-order valence-corrected chi connectivity index (χ1v) is 13.7. The normalized spacial score (nSPS) is 34.1. The molecule has 4 bridgehead atoms. The molecule has 0 radical (unpaired) electrons. The highest BCUT2D eigenvalue weighted by atomic mass is 16.5. The van der Waals surface area contributed by atoms with Gasteiger partial charge in [-0.3, -0.25) is 9.59 Å². The molecule has 6 aliphatic rings. The summed E-state index contributed by atoms with van der Waals surface area (Å²) < 4.78 is 5.70. The third-order valence-electron chi connectivity index (χ3n) is 9.34. The molecule has 2 atom stereocenters. The topological polar surface area (TPSA) is 95.9 Å². The van der Waals surface area contributed by atoms with Crippen molar-refractivity contribution in [3.63, 3.8) is 0 Å². The minimum absolute atomic E-state index is 0.180. The lowest BCUT2D eigenvalue weighted by Gasteiger charge is -2.56. The summed E-state index contributed by atoms with van der Waals surface area (Å²) >= 11 is 0. The second-order valence-electron chi connectivity index (χ2n) is 11.8. The maximum atomic E-state index is 13.9. The van der Waals surface area contributed by atoms with E-state index in [1.54, 1.807) is 30.3 Å². The first kappa shape index (κ1) is 23.7. The Hall–Kier alpha value is -2.71. The molecule has 3 heterocycles. The molecule has 9 heteroatoms. The van der Waals surface area contributed by atoms with Gasteiger partial charge in [0.1, 0.15) is 6.04 Å². The predicted octanol–water partition coefficient (Wildman–Crippen LogP) is 2.26. The first-order chi connectivity index (χ1) is 17.4. The van der Waals surface area contributed by atoms with Crippen LogP contribution >= 0.6 is 0 Å². The lowest BCUT2D eigenvalue weighted by molar-refractivity contribution is -0.170. The third kappa shape index (κ3) is 4.24.